The molecule has 2 aliphatic rings. The normalized spacial score (nSPS) is 18.7. The summed E-state index contributed by atoms with van der Waals surface area (Å²) < 4.78 is 29.7. The second-order valence-electron chi connectivity index (χ2n) is 11.2. The largest absolute Gasteiger partial charge is 0.369 e. The Kier molecular flexibility index (Phi) is 8.79. The summed E-state index contributed by atoms with van der Waals surface area (Å²) in [6.07, 6.45) is 2.62. The third kappa shape index (κ3) is 5.98. The summed E-state index contributed by atoms with van der Waals surface area (Å²) in [5.41, 5.74) is 5.00. The minimum atomic E-state index is -3.74. The summed E-state index contributed by atoms with van der Waals surface area (Å²) in [6, 6.07) is 19.3. The van der Waals surface area contributed by atoms with E-state index < -0.39 is 10.0 Å². The van der Waals surface area contributed by atoms with E-state index in [0.717, 1.165) is 55.0 Å². The highest BCUT2D eigenvalue weighted by atomic mass is 32.2. The predicted molar refractivity (Wildman–Crippen MR) is 164 cm³/mol. The van der Waals surface area contributed by atoms with E-state index in [2.05, 4.69) is 26.9 Å². The van der Waals surface area contributed by atoms with E-state index in [1.165, 1.54) is 0 Å². The van der Waals surface area contributed by atoms with Crippen LogP contribution in [-0.2, 0) is 16.6 Å². The van der Waals surface area contributed by atoms with Crippen molar-refractivity contribution in [2.24, 2.45) is 0 Å². The molecule has 0 amide bonds. The average molecular weight is 584 g/mol. The maximum atomic E-state index is 14.0. The Morgan fingerprint density at radius 1 is 0.881 bits per heavy atom. The summed E-state index contributed by atoms with van der Waals surface area (Å²) in [5, 5.41) is 19.1. The van der Waals surface area contributed by atoms with E-state index >= 15 is 0 Å². The number of nitrogens with zero attached hydrogens (tertiary/aromatic N) is 7. The van der Waals surface area contributed by atoms with Crippen LogP contribution in [0.2, 0.25) is 0 Å². The molecule has 3 aromatic rings. The molecule has 1 aromatic heterocycles. The first-order valence-corrected chi connectivity index (χ1v) is 15.9. The number of hydrogen-bond donors (Lipinski definition) is 0. The van der Waals surface area contributed by atoms with Crippen LogP contribution in [0.4, 0.5) is 11.5 Å². The maximum Gasteiger partial charge on any atom is 0.243 e. The highest BCUT2D eigenvalue weighted by Crippen LogP contribution is 2.29. The molecule has 3 heterocycles. The second-order valence-corrected chi connectivity index (χ2v) is 13.0. The molecule has 1 unspecified atom stereocenters. The van der Waals surface area contributed by atoms with E-state index in [-0.39, 0.29) is 6.04 Å². The minimum absolute atomic E-state index is 0.283. The van der Waals surface area contributed by atoms with Crippen molar-refractivity contribution in [3.8, 4) is 12.1 Å². The molecule has 5 rings (SSSR count). The highest BCUT2D eigenvalue weighted by molar-refractivity contribution is 7.89. The van der Waals surface area contributed by atoms with Crippen LogP contribution in [-0.4, -0.2) is 74.5 Å². The number of nitriles is 2. The SMILES string of the molecule is Cc1cc(C)c(S(=O)(=O)N2CCN(c3ncccc3C#N)CC2C)cc1CN1CCCN(c2ccccc2C#N)CC1. The molecule has 1 atom stereocenters. The van der Waals surface area contributed by atoms with Gasteiger partial charge in [0.05, 0.1) is 21.7 Å². The number of sulfonamides is 1. The number of aromatic nitrogens is 1. The molecule has 2 fully saturated rings. The lowest BCUT2D eigenvalue weighted by Gasteiger charge is -2.40. The van der Waals surface area contributed by atoms with Crippen LogP contribution < -0.4 is 9.80 Å². The van der Waals surface area contributed by atoms with Crippen molar-refractivity contribution in [2.75, 3.05) is 55.6 Å². The van der Waals surface area contributed by atoms with Crippen molar-refractivity contribution in [2.45, 2.75) is 44.7 Å². The van der Waals surface area contributed by atoms with Gasteiger partial charge in [0.15, 0.2) is 0 Å². The Hall–Kier alpha value is -3.96. The van der Waals surface area contributed by atoms with Gasteiger partial charge in [-0.1, -0.05) is 18.2 Å². The summed E-state index contributed by atoms with van der Waals surface area (Å²) in [6.45, 7) is 11.2. The molecule has 2 aromatic carbocycles. The van der Waals surface area contributed by atoms with Crippen LogP contribution in [0.5, 0.6) is 0 Å². The van der Waals surface area contributed by atoms with Crippen molar-refractivity contribution in [1.29, 1.82) is 10.5 Å². The first kappa shape index (κ1) is 29.5. The fourth-order valence-electron chi connectivity index (χ4n) is 6.13. The summed E-state index contributed by atoms with van der Waals surface area (Å²) in [5.74, 6) is 0.602. The topological polar surface area (TPSA) is 108 Å². The minimum Gasteiger partial charge on any atom is -0.369 e. The zero-order valence-corrected chi connectivity index (χ0v) is 25.3. The third-order valence-corrected chi connectivity index (χ3v) is 10.5. The van der Waals surface area contributed by atoms with E-state index in [9.17, 15) is 18.9 Å². The standard InChI is InChI=1S/C32H37N7O2S/c1-24-18-25(2)31(42(40,41)39-17-16-38(22-26(39)3)32-28(21-34)9-6-11-35-32)19-29(24)23-36-12-7-13-37(15-14-36)30-10-5-4-8-27(30)20-33/h4-6,8-11,18-19,26H,7,12-17,22-23H2,1-3H3. The lowest BCUT2D eigenvalue weighted by atomic mass is 10.1. The first-order valence-electron chi connectivity index (χ1n) is 14.4. The van der Waals surface area contributed by atoms with Crippen LogP contribution in [0.15, 0.2) is 59.6 Å². The van der Waals surface area contributed by atoms with Gasteiger partial charge in [-0.15, -0.1) is 0 Å². The van der Waals surface area contributed by atoms with Crippen molar-refractivity contribution < 1.29 is 8.42 Å². The number of aryl methyl sites for hydroxylation is 2. The van der Waals surface area contributed by atoms with Crippen molar-refractivity contribution in [3.63, 3.8) is 0 Å². The summed E-state index contributed by atoms with van der Waals surface area (Å²) >= 11 is 0. The van der Waals surface area contributed by atoms with Crippen molar-refractivity contribution >= 4 is 21.5 Å². The van der Waals surface area contributed by atoms with Gasteiger partial charge in [-0.25, -0.2) is 13.4 Å². The highest BCUT2D eigenvalue weighted by Gasteiger charge is 2.36. The summed E-state index contributed by atoms with van der Waals surface area (Å²) in [4.78, 5) is 11.4. The zero-order valence-electron chi connectivity index (χ0n) is 24.5. The Bertz CT molecular complexity index is 1640. The lowest BCUT2D eigenvalue weighted by Crippen LogP contribution is -2.54. The Morgan fingerprint density at radius 2 is 1.62 bits per heavy atom. The van der Waals surface area contributed by atoms with Crippen molar-refractivity contribution in [1.82, 2.24) is 14.2 Å². The van der Waals surface area contributed by atoms with Gasteiger partial charge in [0.1, 0.15) is 18.0 Å². The van der Waals surface area contributed by atoms with Crippen LogP contribution in [0, 0.1) is 36.5 Å². The predicted octanol–water partition coefficient (Wildman–Crippen LogP) is 4.05. The molecule has 2 aliphatic heterocycles. The number of anilines is 2. The number of hydrogen-bond acceptors (Lipinski definition) is 8. The molecule has 0 saturated carbocycles. The Morgan fingerprint density at radius 3 is 2.38 bits per heavy atom. The molecule has 0 bridgehead atoms. The molecule has 0 spiro atoms. The second kappa shape index (κ2) is 12.5. The number of rotatable bonds is 6. The van der Waals surface area contributed by atoms with Gasteiger partial charge < -0.3 is 9.80 Å². The number of para-hydroxylation sites is 1. The van der Waals surface area contributed by atoms with Crippen LogP contribution >= 0.6 is 0 Å². The molecule has 2 saturated heterocycles. The third-order valence-electron chi connectivity index (χ3n) is 8.34. The number of benzene rings is 2. The zero-order chi connectivity index (χ0) is 29.9. The van der Waals surface area contributed by atoms with Gasteiger partial charge in [-0.3, -0.25) is 4.90 Å². The van der Waals surface area contributed by atoms with E-state index in [1.807, 2.05) is 62.1 Å². The van der Waals surface area contributed by atoms with E-state index in [1.54, 1.807) is 22.6 Å². The number of pyridine rings is 1. The molecule has 0 radical (unpaired) electrons. The molecule has 218 valence electrons. The van der Waals surface area contributed by atoms with Gasteiger partial charge in [0.2, 0.25) is 10.0 Å². The molecule has 10 heteroatoms. The van der Waals surface area contributed by atoms with Crippen LogP contribution in [0.1, 0.15) is 41.2 Å². The van der Waals surface area contributed by atoms with E-state index in [4.69, 9.17) is 0 Å². The van der Waals surface area contributed by atoms with Gasteiger partial charge in [-0.05, 0) is 74.2 Å². The molecule has 9 nitrogen and oxygen atoms in total. The van der Waals surface area contributed by atoms with Gasteiger partial charge >= 0.3 is 0 Å². The number of piperazine rings is 1. The molecular weight excluding hydrogens is 546 g/mol. The van der Waals surface area contributed by atoms with Gasteiger partial charge in [0, 0.05) is 64.6 Å². The van der Waals surface area contributed by atoms with Gasteiger partial charge in [0.25, 0.3) is 0 Å². The monoisotopic (exact) mass is 583 g/mol. The average Bonchev–Trinajstić information content (AvgIpc) is 3.23. The quantitative estimate of drug-likeness (QED) is 0.428. The van der Waals surface area contributed by atoms with Gasteiger partial charge in [-0.2, -0.15) is 14.8 Å². The molecular formula is C32H37N7O2S. The fourth-order valence-corrected chi connectivity index (χ4v) is 8.00. The molecule has 0 N–H and O–H groups in total. The smallest absolute Gasteiger partial charge is 0.243 e. The summed E-state index contributed by atoms with van der Waals surface area (Å²) in [7, 11) is -3.74. The first-order chi connectivity index (χ1) is 20.2. The lowest BCUT2D eigenvalue weighted by molar-refractivity contribution is 0.284. The Labute approximate surface area is 249 Å². The van der Waals surface area contributed by atoms with Crippen LogP contribution in [0.3, 0.4) is 0 Å². The Balaban J connectivity index is 1.32. The maximum absolute atomic E-state index is 14.0. The van der Waals surface area contributed by atoms with Crippen molar-refractivity contribution in [3.05, 3.63) is 82.5 Å². The fraction of sp³-hybridized carbons (Fsp3) is 0.406. The molecule has 0 aliphatic carbocycles. The molecule has 42 heavy (non-hydrogen) atoms. The van der Waals surface area contributed by atoms with E-state index in [0.29, 0.717) is 48.0 Å². The van der Waals surface area contributed by atoms with Crippen LogP contribution in [0.25, 0.3) is 0 Å².